The van der Waals surface area contributed by atoms with Gasteiger partial charge in [0.25, 0.3) is 0 Å². The quantitative estimate of drug-likeness (QED) is 0.657. The van der Waals surface area contributed by atoms with Gasteiger partial charge in [0.15, 0.2) is 0 Å². The van der Waals surface area contributed by atoms with E-state index in [4.69, 9.17) is 9.47 Å². The van der Waals surface area contributed by atoms with E-state index in [1.807, 2.05) is 0 Å². The zero-order chi connectivity index (χ0) is 11.1. The molecule has 1 saturated heterocycles. The first-order valence-corrected chi connectivity index (χ1v) is 5.49. The number of ether oxygens (including phenoxy) is 2. The number of amides is 1. The molecule has 5 nitrogen and oxygen atoms in total. The molecule has 15 heavy (non-hydrogen) atoms. The molecule has 88 valence electrons. The summed E-state index contributed by atoms with van der Waals surface area (Å²) in [4.78, 5) is 10.9. The van der Waals surface area contributed by atoms with Gasteiger partial charge in [0.2, 0.25) is 0 Å². The minimum absolute atomic E-state index is 0.271. The van der Waals surface area contributed by atoms with Crippen molar-refractivity contribution in [1.82, 2.24) is 10.6 Å². The third-order valence-electron chi connectivity index (χ3n) is 2.45. The zero-order valence-corrected chi connectivity index (χ0v) is 9.41. The maximum atomic E-state index is 10.9. The monoisotopic (exact) mass is 216 g/mol. The fourth-order valence-corrected chi connectivity index (χ4v) is 1.60. The third kappa shape index (κ3) is 4.48. The number of hydrogen-bond acceptors (Lipinski definition) is 4. The van der Waals surface area contributed by atoms with Gasteiger partial charge in [-0.3, -0.25) is 0 Å². The van der Waals surface area contributed by atoms with E-state index in [2.05, 4.69) is 17.6 Å². The summed E-state index contributed by atoms with van der Waals surface area (Å²) < 4.78 is 10.1. The Morgan fingerprint density at radius 2 is 2.33 bits per heavy atom. The largest absolute Gasteiger partial charge is 0.450 e. The molecular formula is C10H20N2O3. The van der Waals surface area contributed by atoms with E-state index in [1.54, 1.807) is 6.92 Å². The molecule has 0 saturated carbocycles. The van der Waals surface area contributed by atoms with Gasteiger partial charge in [-0.2, -0.15) is 0 Å². The van der Waals surface area contributed by atoms with Crippen LogP contribution in [0.25, 0.3) is 0 Å². The fraction of sp³-hybridized carbons (Fsp3) is 0.900. The summed E-state index contributed by atoms with van der Waals surface area (Å²) in [6.07, 6.45) is 0.961. The van der Waals surface area contributed by atoms with Crippen molar-refractivity contribution in [2.75, 3.05) is 26.3 Å². The SMILES string of the molecule is CCOC(=O)NCCNC1CCOC1C. The molecule has 2 N–H and O–H groups in total. The first-order valence-electron chi connectivity index (χ1n) is 5.49. The van der Waals surface area contributed by atoms with Crippen LogP contribution in [0, 0.1) is 0 Å². The van der Waals surface area contributed by atoms with Crippen LogP contribution in [-0.2, 0) is 9.47 Å². The van der Waals surface area contributed by atoms with Crippen LogP contribution < -0.4 is 10.6 Å². The Balaban J connectivity index is 1.99. The lowest BCUT2D eigenvalue weighted by Crippen LogP contribution is -2.40. The average molecular weight is 216 g/mol. The Kier molecular flexibility index (Phi) is 5.42. The van der Waals surface area contributed by atoms with Crippen LogP contribution in [0.5, 0.6) is 0 Å². The molecule has 1 aliphatic heterocycles. The Bertz CT molecular complexity index is 199. The number of hydrogen-bond donors (Lipinski definition) is 2. The molecule has 1 amide bonds. The van der Waals surface area contributed by atoms with Gasteiger partial charge in [0, 0.05) is 25.7 Å². The van der Waals surface area contributed by atoms with Crippen LogP contribution in [0.1, 0.15) is 20.3 Å². The van der Waals surface area contributed by atoms with Gasteiger partial charge < -0.3 is 20.1 Å². The zero-order valence-electron chi connectivity index (χ0n) is 9.41. The first-order chi connectivity index (χ1) is 7.24. The normalized spacial score (nSPS) is 25.2. The van der Waals surface area contributed by atoms with Gasteiger partial charge in [-0.15, -0.1) is 0 Å². The second kappa shape index (κ2) is 6.63. The number of rotatable bonds is 5. The molecule has 2 unspecified atom stereocenters. The van der Waals surface area contributed by atoms with E-state index in [-0.39, 0.29) is 12.2 Å². The summed E-state index contributed by atoms with van der Waals surface area (Å²) in [5.41, 5.74) is 0. The molecule has 1 heterocycles. The third-order valence-corrected chi connectivity index (χ3v) is 2.45. The molecule has 1 fully saturated rings. The van der Waals surface area contributed by atoms with Crippen molar-refractivity contribution in [3.05, 3.63) is 0 Å². The second-order valence-electron chi connectivity index (χ2n) is 3.57. The predicted molar refractivity (Wildman–Crippen MR) is 56.8 cm³/mol. The van der Waals surface area contributed by atoms with E-state index in [0.29, 0.717) is 19.2 Å². The van der Waals surface area contributed by atoms with E-state index in [0.717, 1.165) is 19.6 Å². The van der Waals surface area contributed by atoms with E-state index < -0.39 is 0 Å². The standard InChI is InChI=1S/C10H20N2O3/c1-3-14-10(13)12-6-5-11-9-4-7-15-8(9)2/h8-9,11H,3-7H2,1-2H3,(H,12,13). The summed E-state index contributed by atoms with van der Waals surface area (Å²) in [5.74, 6) is 0. The lowest BCUT2D eigenvalue weighted by Gasteiger charge is -2.15. The Morgan fingerprint density at radius 3 is 2.93 bits per heavy atom. The predicted octanol–water partition coefficient (Wildman–Crippen LogP) is 0.500. The number of alkyl carbamates (subject to hydrolysis) is 1. The Hall–Kier alpha value is -0.810. The highest BCUT2D eigenvalue weighted by Crippen LogP contribution is 2.11. The summed E-state index contributed by atoms with van der Waals surface area (Å²) in [7, 11) is 0. The maximum Gasteiger partial charge on any atom is 0.407 e. The molecule has 0 aromatic rings. The smallest absolute Gasteiger partial charge is 0.407 e. The molecular weight excluding hydrogens is 196 g/mol. The molecule has 0 bridgehead atoms. The molecule has 0 aromatic carbocycles. The van der Waals surface area contributed by atoms with Gasteiger partial charge in [0.1, 0.15) is 0 Å². The lowest BCUT2D eigenvalue weighted by atomic mass is 10.1. The van der Waals surface area contributed by atoms with Crippen molar-refractivity contribution in [3.8, 4) is 0 Å². The van der Waals surface area contributed by atoms with Crippen LogP contribution in [-0.4, -0.2) is 44.5 Å². The van der Waals surface area contributed by atoms with E-state index in [9.17, 15) is 4.79 Å². The maximum absolute atomic E-state index is 10.9. The summed E-state index contributed by atoms with van der Waals surface area (Å²) in [6.45, 7) is 6.41. The van der Waals surface area contributed by atoms with Crippen LogP contribution in [0.4, 0.5) is 4.79 Å². The highest BCUT2D eigenvalue weighted by atomic mass is 16.5. The van der Waals surface area contributed by atoms with Crippen LogP contribution >= 0.6 is 0 Å². The Morgan fingerprint density at radius 1 is 1.53 bits per heavy atom. The van der Waals surface area contributed by atoms with Crippen molar-refractivity contribution >= 4 is 6.09 Å². The molecule has 2 atom stereocenters. The average Bonchev–Trinajstić information content (AvgIpc) is 2.60. The van der Waals surface area contributed by atoms with Gasteiger partial charge in [-0.1, -0.05) is 0 Å². The first kappa shape index (κ1) is 12.3. The molecule has 1 aliphatic rings. The van der Waals surface area contributed by atoms with Crippen molar-refractivity contribution in [2.45, 2.75) is 32.4 Å². The highest BCUT2D eigenvalue weighted by molar-refractivity contribution is 5.66. The molecule has 0 aliphatic carbocycles. The highest BCUT2D eigenvalue weighted by Gasteiger charge is 2.22. The van der Waals surface area contributed by atoms with E-state index >= 15 is 0 Å². The van der Waals surface area contributed by atoms with Gasteiger partial charge in [-0.25, -0.2) is 4.79 Å². The summed E-state index contributed by atoms with van der Waals surface area (Å²) >= 11 is 0. The summed E-state index contributed by atoms with van der Waals surface area (Å²) in [6, 6.07) is 0.411. The van der Waals surface area contributed by atoms with Gasteiger partial charge in [-0.05, 0) is 20.3 Å². The fourth-order valence-electron chi connectivity index (χ4n) is 1.60. The number of carbonyl (C=O) groups is 1. The molecule has 1 rings (SSSR count). The van der Waals surface area contributed by atoms with Gasteiger partial charge >= 0.3 is 6.09 Å². The molecule has 0 radical (unpaired) electrons. The van der Waals surface area contributed by atoms with Crippen molar-refractivity contribution in [2.24, 2.45) is 0 Å². The molecule has 5 heteroatoms. The van der Waals surface area contributed by atoms with Crippen molar-refractivity contribution in [3.63, 3.8) is 0 Å². The minimum Gasteiger partial charge on any atom is -0.450 e. The minimum atomic E-state index is -0.352. The lowest BCUT2D eigenvalue weighted by molar-refractivity contribution is 0.113. The van der Waals surface area contributed by atoms with Crippen molar-refractivity contribution < 1.29 is 14.3 Å². The number of carbonyl (C=O) groups excluding carboxylic acids is 1. The van der Waals surface area contributed by atoms with Crippen LogP contribution in [0.15, 0.2) is 0 Å². The molecule has 0 spiro atoms. The van der Waals surface area contributed by atoms with Crippen LogP contribution in [0.3, 0.4) is 0 Å². The van der Waals surface area contributed by atoms with Crippen LogP contribution in [0.2, 0.25) is 0 Å². The summed E-state index contributed by atoms with van der Waals surface area (Å²) in [5, 5.41) is 5.99. The van der Waals surface area contributed by atoms with E-state index in [1.165, 1.54) is 0 Å². The van der Waals surface area contributed by atoms with Crippen molar-refractivity contribution in [1.29, 1.82) is 0 Å². The number of nitrogens with one attached hydrogen (secondary N) is 2. The molecule has 0 aromatic heterocycles. The second-order valence-corrected chi connectivity index (χ2v) is 3.57. The Labute approximate surface area is 90.5 Å². The topological polar surface area (TPSA) is 59.6 Å². The van der Waals surface area contributed by atoms with Gasteiger partial charge in [0.05, 0.1) is 12.7 Å².